The van der Waals surface area contributed by atoms with E-state index < -0.39 is 24.1 Å². The predicted molar refractivity (Wildman–Crippen MR) is 122 cm³/mol. The Morgan fingerprint density at radius 1 is 0.941 bits per heavy atom. The molecular formula is C26H24O8. The van der Waals surface area contributed by atoms with Crippen LogP contribution in [0.25, 0.3) is 11.0 Å². The summed E-state index contributed by atoms with van der Waals surface area (Å²) in [5.74, 6) is 1.06. The van der Waals surface area contributed by atoms with Crippen LogP contribution in [0.15, 0.2) is 57.8 Å². The van der Waals surface area contributed by atoms with Crippen molar-refractivity contribution in [3.8, 4) is 17.2 Å². The van der Waals surface area contributed by atoms with E-state index in [1.54, 1.807) is 25.3 Å². The highest BCUT2D eigenvalue weighted by Crippen LogP contribution is 2.51. The monoisotopic (exact) mass is 464 g/mol. The number of esters is 1. The van der Waals surface area contributed by atoms with Gasteiger partial charge in [0.05, 0.1) is 31.8 Å². The molecule has 0 saturated carbocycles. The van der Waals surface area contributed by atoms with Crippen molar-refractivity contribution in [3.05, 3.63) is 75.7 Å². The molecule has 1 fully saturated rings. The largest absolute Gasteiger partial charge is 0.496 e. The van der Waals surface area contributed by atoms with E-state index in [9.17, 15) is 9.59 Å². The van der Waals surface area contributed by atoms with Gasteiger partial charge < -0.3 is 28.1 Å². The number of aryl methyl sites for hydroxylation is 1. The lowest BCUT2D eigenvalue weighted by molar-refractivity contribution is -0.135. The number of fused-ring (bicyclic) bond motifs is 2. The molecule has 0 N–H and O–H groups in total. The van der Waals surface area contributed by atoms with Crippen LogP contribution >= 0.6 is 0 Å². The fraction of sp³-hybridized carbons (Fsp3) is 0.308. The predicted octanol–water partition coefficient (Wildman–Crippen LogP) is 4.39. The number of carbonyl (C=O) groups excluding carboxylic acids is 1. The van der Waals surface area contributed by atoms with Crippen LogP contribution in [0.3, 0.4) is 0 Å². The molecule has 34 heavy (non-hydrogen) atoms. The van der Waals surface area contributed by atoms with Gasteiger partial charge in [0.1, 0.15) is 35.0 Å². The van der Waals surface area contributed by atoms with Gasteiger partial charge in [0.15, 0.2) is 6.29 Å². The number of benzene rings is 2. The summed E-state index contributed by atoms with van der Waals surface area (Å²) in [6, 6.07) is 10.3. The van der Waals surface area contributed by atoms with Crippen LogP contribution in [0, 0.1) is 0 Å². The fourth-order valence-corrected chi connectivity index (χ4v) is 4.50. The van der Waals surface area contributed by atoms with E-state index in [4.69, 9.17) is 28.1 Å². The standard InChI is InChI=1S/C26H24O8/c1-13(2)22-25(20-16(29-3)9-5-14-7-11-18(27)31-23(14)20)34-26(33-22)21-17(30-4)10-6-15-8-12-19(28)32-24(15)21/h5-6,8-10,12,22,25-26H,1,7,11H2,2-4H3/t22-,25-,26-/m1/s1. The van der Waals surface area contributed by atoms with E-state index in [-0.39, 0.29) is 5.97 Å². The summed E-state index contributed by atoms with van der Waals surface area (Å²) < 4.78 is 35.1. The van der Waals surface area contributed by atoms with Crippen molar-refractivity contribution < 1.29 is 32.9 Å². The first-order chi connectivity index (χ1) is 16.4. The summed E-state index contributed by atoms with van der Waals surface area (Å²) in [4.78, 5) is 24.2. The van der Waals surface area contributed by atoms with Crippen LogP contribution in [0.5, 0.6) is 17.2 Å². The summed E-state index contributed by atoms with van der Waals surface area (Å²) in [6.07, 6.45) is -1.38. The molecule has 5 rings (SSSR count). The maximum Gasteiger partial charge on any atom is 0.336 e. The number of hydrogen-bond acceptors (Lipinski definition) is 8. The lowest BCUT2D eigenvalue weighted by Crippen LogP contribution is -2.22. The van der Waals surface area contributed by atoms with Crippen molar-refractivity contribution in [1.29, 1.82) is 0 Å². The van der Waals surface area contributed by atoms with Gasteiger partial charge in [0.2, 0.25) is 0 Å². The Bertz CT molecular complexity index is 1350. The minimum absolute atomic E-state index is 0.305. The van der Waals surface area contributed by atoms with E-state index in [0.717, 1.165) is 5.56 Å². The molecule has 0 bridgehead atoms. The minimum atomic E-state index is -0.948. The number of methoxy groups -OCH3 is 2. The highest BCUT2D eigenvalue weighted by atomic mass is 16.7. The molecule has 2 aromatic carbocycles. The van der Waals surface area contributed by atoms with Gasteiger partial charge in [-0.05, 0) is 48.7 Å². The van der Waals surface area contributed by atoms with Gasteiger partial charge in [-0.2, -0.15) is 0 Å². The summed E-state index contributed by atoms with van der Waals surface area (Å²) in [6.45, 7) is 5.92. The number of ether oxygens (including phenoxy) is 5. The zero-order valence-electron chi connectivity index (χ0n) is 19.1. The van der Waals surface area contributed by atoms with Crippen molar-refractivity contribution in [2.24, 2.45) is 0 Å². The van der Waals surface area contributed by atoms with Crippen LogP contribution in [0.2, 0.25) is 0 Å². The molecule has 3 heterocycles. The molecular weight excluding hydrogens is 440 g/mol. The topological polar surface area (TPSA) is 93.4 Å². The van der Waals surface area contributed by atoms with Crippen LogP contribution in [0.1, 0.15) is 42.4 Å². The maximum absolute atomic E-state index is 12.1. The Morgan fingerprint density at radius 2 is 1.65 bits per heavy atom. The lowest BCUT2D eigenvalue weighted by atomic mass is 9.93. The maximum atomic E-state index is 12.1. The average molecular weight is 464 g/mol. The summed E-state index contributed by atoms with van der Waals surface area (Å²) in [5, 5.41) is 0.696. The Morgan fingerprint density at radius 3 is 2.38 bits per heavy atom. The highest BCUT2D eigenvalue weighted by Gasteiger charge is 2.44. The first kappa shape index (κ1) is 22.2. The number of rotatable bonds is 5. The molecule has 2 aliphatic rings. The Labute approximate surface area is 195 Å². The van der Waals surface area contributed by atoms with Crippen LogP contribution in [-0.2, 0) is 20.7 Å². The molecule has 0 amide bonds. The Kier molecular flexibility index (Phi) is 5.63. The van der Waals surface area contributed by atoms with E-state index in [1.165, 1.54) is 13.2 Å². The van der Waals surface area contributed by atoms with E-state index >= 15 is 0 Å². The Balaban J connectivity index is 1.66. The zero-order valence-corrected chi connectivity index (χ0v) is 19.1. The Hall–Kier alpha value is -3.62. The third kappa shape index (κ3) is 3.65. The molecule has 0 spiro atoms. The molecule has 1 saturated heterocycles. The molecule has 1 aromatic heterocycles. The molecule has 0 radical (unpaired) electrons. The first-order valence-corrected chi connectivity index (χ1v) is 10.9. The van der Waals surface area contributed by atoms with Gasteiger partial charge >= 0.3 is 11.6 Å². The average Bonchev–Trinajstić information content (AvgIpc) is 3.27. The van der Waals surface area contributed by atoms with Crippen molar-refractivity contribution >= 4 is 16.9 Å². The second kappa shape index (κ2) is 8.62. The molecule has 3 aromatic rings. The zero-order chi connectivity index (χ0) is 24.0. The SMILES string of the molecule is C=C(C)[C@H]1O[C@@H](c2c(OC)ccc3ccc(=O)oc23)O[C@@H]1c1c(OC)ccc2c1OC(=O)CC2. The van der Waals surface area contributed by atoms with Gasteiger partial charge in [0, 0.05) is 11.5 Å². The molecule has 8 nitrogen and oxygen atoms in total. The van der Waals surface area contributed by atoms with Gasteiger partial charge in [-0.3, -0.25) is 4.79 Å². The normalized spacial score (nSPS) is 21.7. The lowest BCUT2D eigenvalue weighted by Gasteiger charge is -2.25. The van der Waals surface area contributed by atoms with Gasteiger partial charge in [-0.25, -0.2) is 4.79 Å². The number of hydrogen-bond donors (Lipinski definition) is 0. The van der Waals surface area contributed by atoms with Crippen molar-refractivity contribution in [3.63, 3.8) is 0 Å². The summed E-state index contributed by atoms with van der Waals surface area (Å²) in [7, 11) is 3.06. The second-order valence-electron chi connectivity index (χ2n) is 8.29. The quantitative estimate of drug-likeness (QED) is 0.238. The second-order valence-corrected chi connectivity index (χ2v) is 8.29. The first-order valence-electron chi connectivity index (χ1n) is 10.9. The molecule has 0 unspecified atom stereocenters. The van der Waals surface area contributed by atoms with Gasteiger partial charge in [0.25, 0.3) is 0 Å². The molecule has 0 aliphatic carbocycles. The third-order valence-electron chi connectivity index (χ3n) is 6.10. The van der Waals surface area contributed by atoms with E-state index in [0.29, 0.717) is 57.8 Å². The molecule has 3 atom stereocenters. The molecule has 2 aliphatic heterocycles. The van der Waals surface area contributed by atoms with E-state index in [1.807, 2.05) is 19.1 Å². The van der Waals surface area contributed by atoms with Gasteiger partial charge in [-0.1, -0.05) is 12.6 Å². The summed E-state index contributed by atoms with van der Waals surface area (Å²) >= 11 is 0. The van der Waals surface area contributed by atoms with Crippen LogP contribution < -0.4 is 19.8 Å². The van der Waals surface area contributed by atoms with Gasteiger partial charge in [-0.15, -0.1) is 0 Å². The highest BCUT2D eigenvalue weighted by molar-refractivity contribution is 5.82. The minimum Gasteiger partial charge on any atom is -0.496 e. The molecule has 8 heteroatoms. The van der Waals surface area contributed by atoms with E-state index in [2.05, 4.69) is 6.58 Å². The smallest absolute Gasteiger partial charge is 0.336 e. The fourth-order valence-electron chi connectivity index (χ4n) is 4.50. The van der Waals surface area contributed by atoms with Crippen molar-refractivity contribution in [2.75, 3.05) is 14.2 Å². The van der Waals surface area contributed by atoms with Crippen molar-refractivity contribution in [1.82, 2.24) is 0 Å². The summed E-state index contributed by atoms with van der Waals surface area (Å²) in [5.41, 5.74) is 2.42. The molecule has 176 valence electrons. The van der Waals surface area contributed by atoms with Crippen LogP contribution in [0.4, 0.5) is 0 Å². The third-order valence-corrected chi connectivity index (χ3v) is 6.10. The number of carbonyl (C=O) groups is 1. The van der Waals surface area contributed by atoms with Crippen LogP contribution in [-0.4, -0.2) is 26.3 Å². The van der Waals surface area contributed by atoms with Crippen molar-refractivity contribution in [2.45, 2.75) is 38.3 Å².